The van der Waals surface area contributed by atoms with Crippen molar-refractivity contribution in [1.82, 2.24) is 0 Å². The van der Waals surface area contributed by atoms with E-state index in [0.29, 0.717) is 19.3 Å². The SMILES string of the molecule is CC/C=C\C/C=C\C/C=C\C/C=C\CCCCCCCCC(=O)OCC(COC(=O)CCCCCCC/C=C\CCCCCCCCC)OC(=O)CCCCCCCCCCCC/C=C\C=C/CCCCC. The Morgan fingerprint density at radius 3 is 0.972 bits per heavy atom. The maximum absolute atomic E-state index is 12.9. The molecule has 6 heteroatoms. The molecule has 0 saturated carbocycles. The molecule has 0 aromatic rings. The summed E-state index contributed by atoms with van der Waals surface area (Å²) in [6.45, 7) is 6.50. The second kappa shape index (κ2) is 60.1. The molecule has 0 rings (SSSR count). The van der Waals surface area contributed by atoms with Crippen molar-refractivity contribution in [3.8, 4) is 0 Å². The van der Waals surface area contributed by atoms with Crippen molar-refractivity contribution >= 4 is 17.9 Å². The van der Waals surface area contributed by atoms with Crippen LogP contribution in [0.15, 0.2) is 85.1 Å². The summed E-state index contributed by atoms with van der Waals surface area (Å²) in [7, 11) is 0. The van der Waals surface area contributed by atoms with E-state index in [1.165, 1.54) is 161 Å². The van der Waals surface area contributed by atoms with Crippen molar-refractivity contribution in [2.75, 3.05) is 13.2 Å². The van der Waals surface area contributed by atoms with Gasteiger partial charge in [-0.15, -0.1) is 0 Å². The molecule has 0 bridgehead atoms. The third-order valence-corrected chi connectivity index (χ3v) is 13.1. The van der Waals surface area contributed by atoms with Crippen LogP contribution in [-0.4, -0.2) is 37.2 Å². The second-order valence-corrected chi connectivity index (χ2v) is 20.3. The van der Waals surface area contributed by atoms with Crippen LogP contribution in [0.25, 0.3) is 0 Å². The summed E-state index contributed by atoms with van der Waals surface area (Å²) in [5.41, 5.74) is 0. The average molecular weight is 1000 g/mol. The smallest absolute Gasteiger partial charge is 0.306 e. The van der Waals surface area contributed by atoms with E-state index in [2.05, 4.69) is 106 Å². The van der Waals surface area contributed by atoms with Crippen LogP contribution in [0.3, 0.4) is 0 Å². The molecule has 0 heterocycles. The average Bonchev–Trinajstić information content (AvgIpc) is 3.38. The predicted molar refractivity (Wildman–Crippen MR) is 311 cm³/mol. The Kier molecular flexibility index (Phi) is 57.3. The molecule has 0 aliphatic carbocycles. The summed E-state index contributed by atoms with van der Waals surface area (Å²) >= 11 is 0. The van der Waals surface area contributed by atoms with Gasteiger partial charge in [-0.2, -0.15) is 0 Å². The minimum absolute atomic E-state index is 0.0861. The van der Waals surface area contributed by atoms with E-state index in [9.17, 15) is 14.4 Å². The van der Waals surface area contributed by atoms with E-state index in [0.717, 1.165) is 96.3 Å². The first kappa shape index (κ1) is 68.6. The largest absolute Gasteiger partial charge is 0.462 e. The van der Waals surface area contributed by atoms with Gasteiger partial charge in [-0.25, -0.2) is 0 Å². The number of unbranched alkanes of at least 4 members (excludes halogenated alkanes) is 31. The summed E-state index contributed by atoms with van der Waals surface area (Å²) in [6.07, 6.45) is 78.6. The fraction of sp³-hybridized carbons (Fsp3) is 0.742. The molecule has 6 nitrogen and oxygen atoms in total. The third-order valence-electron chi connectivity index (χ3n) is 13.1. The van der Waals surface area contributed by atoms with Crippen molar-refractivity contribution in [2.45, 2.75) is 303 Å². The highest BCUT2D eigenvalue weighted by atomic mass is 16.6. The number of carbonyl (C=O) groups excluding carboxylic acids is 3. The Balaban J connectivity index is 4.42. The minimum atomic E-state index is -0.789. The first-order chi connectivity index (χ1) is 35.5. The minimum Gasteiger partial charge on any atom is -0.462 e. The Morgan fingerprint density at radius 2 is 0.583 bits per heavy atom. The van der Waals surface area contributed by atoms with Gasteiger partial charge in [0.2, 0.25) is 0 Å². The summed E-state index contributed by atoms with van der Waals surface area (Å²) in [4.78, 5) is 38.3. The molecule has 0 N–H and O–H groups in total. The van der Waals surface area contributed by atoms with Gasteiger partial charge in [-0.1, -0.05) is 254 Å². The van der Waals surface area contributed by atoms with E-state index < -0.39 is 6.10 Å². The van der Waals surface area contributed by atoms with Crippen LogP contribution in [0.1, 0.15) is 297 Å². The number of hydrogen-bond acceptors (Lipinski definition) is 6. The van der Waals surface area contributed by atoms with Crippen molar-refractivity contribution in [3.05, 3.63) is 85.1 Å². The molecule has 414 valence electrons. The zero-order valence-corrected chi connectivity index (χ0v) is 47.4. The summed E-state index contributed by atoms with van der Waals surface area (Å²) in [5, 5.41) is 0. The van der Waals surface area contributed by atoms with E-state index >= 15 is 0 Å². The molecule has 0 aliphatic rings. The Hall–Kier alpha value is -3.41. The van der Waals surface area contributed by atoms with Crippen LogP contribution in [0.2, 0.25) is 0 Å². The fourth-order valence-electron chi connectivity index (χ4n) is 8.54. The van der Waals surface area contributed by atoms with Crippen LogP contribution >= 0.6 is 0 Å². The number of rotatable bonds is 55. The fourth-order valence-corrected chi connectivity index (χ4v) is 8.54. The van der Waals surface area contributed by atoms with Gasteiger partial charge in [-0.3, -0.25) is 14.4 Å². The lowest BCUT2D eigenvalue weighted by molar-refractivity contribution is -0.167. The molecule has 0 saturated heterocycles. The van der Waals surface area contributed by atoms with Crippen molar-refractivity contribution in [1.29, 1.82) is 0 Å². The monoisotopic (exact) mass is 1000 g/mol. The van der Waals surface area contributed by atoms with Gasteiger partial charge in [0, 0.05) is 19.3 Å². The first-order valence-electron chi connectivity index (χ1n) is 30.6. The molecule has 1 unspecified atom stereocenters. The highest BCUT2D eigenvalue weighted by Gasteiger charge is 2.19. The summed E-state index contributed by atoms with van der Waals surface area (Å²) in [5.74, 6) is -0.902. The van der Waals surface area contributed by atoms with Crippen LogP contribution in [0, 0.1) is 0 Å². The van der Waals surface area contributed by atoms with E-state index in [-0.39, 0.29) is 31.1 Å². The number of esters is 3. The van der Waals surface area contributed by atoms with Gasteiger partial charge in [0.05, 0.1) is 0 Å². The summed E-state index contributed by atoms with van der Waals surface area (Å²) in [6, 6.07) is 0. The zero-order chi connectivity index (χ0) is 52.2. The normalized spacial score (nSPS) is 12.7. The molecule has 1 atom stereocenters. The van der Waals surface area contributed by atoms with Gasteiger partial charge in [0.1, 0.15) is 13.2 Å². The molecule has 0 aliphatic heterocycles. The molecule has 0 aromatic carbocycles. The van der Waals surface area contributed by atoms with Gasteiger partial charge < -0.3 is 14.2 Å². The lowest BCUT2D eigenvalue weighted by Crippen LogP contribution is -2.30. The second-order valence-electron chi connectivity index (χ2n) is 20.3. The standard InChI is InChI=1S/C66H114O6/c1-4-7-10-13-16-19-22-25-28-31-33-35-38-41-44-47-50-53-56-59-65(68)71-62-63(61-70-64(67)58-55-52-49-46-43-40-37-30-27-24-21-18-15-12-9-6-3)72-66(69)60-57-54-51-48-45-42-39-36-34-32-29-26-23-20-17-14-11-8-5-2/h7,10,16-17,19-20,23,25-26,28,30,33,35,37,63H,4-6,8-9,11-15,18,21-22,24,27,29,31-32,34,36,38-62H2,1-3H3/b10-7-,19-16-,20-17-,26-23-,28-25-,35-33-,37-30-. The molecule has 0 aromatic heterocycles. The molecule has 0 spiro atoms. The Bertz CT molecular complexity index is 1380. The van der Waals surface area contributed by atoms with E-state index in [1.54, 1.807) is 0 Å². The van der Waals surface area contributed by atoms with Crippen LogP contribution in [-0.2, 0) is 28.6 Å². The van der Waals surface area contributed by atoms with Crippen molar-refractivity contribution in [2.24, 2.45) is 0 Å². The van der Waals surface area contributed by atoms with Crippen molar-refractivity contribution in [3.63, 3.8) is 0 Å². The van der Waals surface area contributed by atoms with Gasteiger partial charge in [0.15, 0.2) is 6.10 Å². The Morgan fingerprint density at radius 1 is 0.306 bits per heavy atom. The lowest BCUT2D eigenvalue weighted by Gasteiger charge is -2.18. The van der Waals surface area contributed by atoms with Crippen LogP contribution in [0.4, 0.5) is 0 Å². The van der Waals surface area contributed by atoms with Crippen molar-refractivity contribution < 1.29 is 28.6 Å². The van der Waals surface area contributed by atoms with Gasteiger partial charge in [-0.05, 0) is 109 Å². The van der Waals surface area contributed by atoms with Crippen LogP contribution in [0.5, 0.6) is 0 Å². The quantitative estimate of drug-likeness (QED) is 0.0199. The predicted octanol–water partition coefficient (Wildman–Crippen LogP) is 20.7. The number of ether oxygens (including phenoxy) is 3. The molecular formula is C66H114O6. The van der Waals surface area contributed by atoms with E-state index in [1.807, 2.05) is 0 Å². The first-order valence-corrected chi connectivity index (χ1v) is 30.6. The molecule has 0 amide bonds. The van der Waals surface area contributed by atoms with Gasteiger partial charge >= 0.3 is 17.9 Å². The number of carbonyl (C=O) groups is 3. The molecular weight excluding hydrogens is 889 g/mol. The van der Waals surface area contributed by atoms with Gasteiger partial charge in [0.25, 0.3) is 0 Å². The zero-order valence-electron chi connectivity index (χ0n) is 47.4. The number of hydrogen-bond donors (Lipinski definition) is 0. The number of allylic oxidation sites excluding steroid dienone is 14. The summed E-state index contributed by atoms with van der Waals surface area (Å²) < 4.78 is 16.9. The van der Waals surface area contributed by atoms with E-state index in [4.69, 9.17) is 14.2 Å². The Labute approximate surface area is 445 Å². The third kappa shape index (κ3) is 57.5. The molecule has 0 radical (unpaired) electrons. The van der Waals surface area contributed by atoms with Crippen LogP contribution < -0.4 is 0 Å². The molecule has 0 fully saturated rings. The topological polar surface area (TPSA) is 78.9 Å². The molecule has 72 heavy (non-hydrogen) atoms. The highest BCUT2D eigenvalue weighted by molar-refractivity contribution is 5.71. The lowest BCUT2D eigenvalue weighted by atomic mass is 10.1. The highest BCUT2D eigenvalue weighted by Crippen LogP contribution is 2.16. The maximum atomic E-state index is 12.9. The maximum Gasteiger partial charge on any atom is 0.306 e.